The summed E-state index contributed by atoms with van der Waals surface area (Å²) in [5.74, 6) is 0.718. The van der Waals surface area contributed by atoms with E-state index in [-0.39, 0.29) is 0 Å². The Kier molecular flexibility index (Phi) is 2.60. The first kappa shape index (κ1) is 9.72. The molecule has 0 saturated carbocycles. The van der Waals surface area contributed by atoms with E-state index in [1.165, 1.54) is 29.7 Å². The molecule has 1 aromatic rings. The molecule has 0 spiro atoms. The highest BCUT2D eigenvalue weighted by Gasteiger charge is 2.25. The lowest BCUT2D eigenvalue weighted by Gasteiger charge is -2.18. The van der Waals surface area contributed by atoms with E-state index in [9.17, 15) is 0 Å². The highest BCUT2D eigenvalue weighted by Crippen LogP contribution is 2.30. The van der Waals surface area contributed by atoms with E-state index in [0.717, 1.165) is 5.92 Å². The van der Waals surface area contributed by atoms with Gasteiger partial charge in [-0.1, -0.05) is 23.8 Å². The summed E-state index contributed by atoms with van der Waals surface area (Å²) in [6.07, 6.45) is 1.28. The molecule has 0 amide bonds. The lowest BCUT2D eigenvalue weighted by Crippen LogP contribution is -2.22. The second-order valence-electron chi connectivity index (χ2n) is 4.50. The van der Waals surface area contributed by atoms with Gasteiger partial charge in [0.05, 0.1) is 0 Å². The highest BCUT2D eigenvalue weighted by molar-refractivity contribution is 5.34. The molecule has 1 fully saturated rings. The minimum atomic E-state index is 0.636. The predicted molar refractivity (Wildman–Crippen MR) is 60.7 cm³/mol. The molecule has 1 aliphatic heterocycles. The Morgan fingerprint density at radius 1 is 1.29 bits per heavy atom. The molecule has 0 radical (unpaired) electrons. The van der Waals surface area contributed by atoms with Crippen molar-refractivity contribution in [1.29, 1.82) is 0 Å². The second-order valence-corrected chi connectivity index (χ2v) is 4.50. The number of nitrogens with one attached hydrogen (secondary N) is 1. The maximum Gasteiger partial charge on any atom is 0.0108 e. The van der Waals surface area contributed by atoms with E-state index in [1.807, 2.05) is 0 Å². The maximum atomic E-state index is 3.51. The van der Waals surface area contributed by atoms with Crippen molar-refractivity contribution in [2.75, 3.05) is 6.54 Å². The van der Waals surface area contributed by atoms with Gasteiger partial charge in [-0.05, 0) is 44.9 Å². The van der Waals surface area contributed by atoms with E-state index < -0.39 is 0 Å². The Morgan fingerprint density at radius 3 is 2.64 bits per heavy atom. The largest absolute Gasteiger partial charge is 0.314 e. The van der Waals surface area contributed by atoms with Crippen LogP contribution >= 0.6 is 0 Å². The minimum absolute atomic E-state index is 0.636. The van der Waals surface area contributed by atoms with Crippen LogP contribution in [0.2, 0.25) is 0 Å². The summed E-state index contributed by atoms with van der Waals surface area (Å²) in [5, 5.41) is 3.51. The summed E-state index contributed by atoms with van der Waals surface area (Å²) in [7, 11) is 0. The van der Waals surface area contributed by atoms with Crippen molar-refractivity contribution in [2.45, 2.75) is 39.2 Å². The number of benzene rings is 1. The molecule has 0 aromatic heterocycles. The molecule has 1 saturated heterocycles. The second kappa shape index (κ2) is 3.74. The monoisotopic (exact) mass is 189 g/mol. The van der Waals surface area contributed by atoms with Gasteiger partial charge in [0.2, 0.25) is 0 Å². The average molecular weight is 189 g/mol. The van der Waals surface area contributed by atoms with E-state index in [1.54, 1.807) is 0 Å². The van der Waals surface area contributed by atoms with Crippen LogP contribution in [0.15, 0.2) is 18.2 Å². The van der Waals surface area contributed by atoms with Gasteiger partial charge in [-0.15, -0.1) is 0 Å². The molecule has 0 aliphatic carbocycles. The molecule has 1 heterocycles. The maximum absolute atomic E-state index is 3.51. The van der Waals surface area contributed by atoms with Crippen LogP contribution in [0.1, 0.15) is 36.0 Å². The molecule has 1 heteroatoms. The molecule has 76 valence electrons. The third-order valence-electron chi connectivity index (χ3n) is 3.35. The number of hydrogen-bond acceptors (Lipinski definition) is 1. The lowest BCUT2D eigenvalue weighted by atomic mass is 9.89. The van der Waals surface area contributed by atoms with Crippen LogP contribution in [0.4, 0.5) is 0 Å². The van der Waals surface area contributed by atoms with E-state index in [2.05, 4.69) is 44.3 Å². The lowest BCUT2D eigenvalue weighted by molar-refractivity contribution is 0.592. The van der Waals surface area contributed by atoms with Crippen molar-refractivity contribution in [3.05, 3.63) is 34.9 Å². The standard InChI is InChI=1S/C13H19N/c1-9-4-5-12(10(2)8-9)13-6-7-14-11(13)3/h4-5,8,11,13-14H,6-7H2,1-3H3. The molecule has 1 aliphatic rings. The van der Waals surface area contributed by atoms with Gasteiger partial charge in [0.15, 0.2) is 0 Å². The fourth-order valence-electron chi connectivity index (χ4n) is 2.53. The first-order chi connectivity index (χ1) is 6.68. The molecular weight excluding hydrogens is 170 g/mol. The zero-order valence-electron chi connectivity index (χ0n) is 9.30. The van der Waals surface area contributed by atoms with Crippen molar-refractivity contribution < 1.29 is 0 Å². The quantitative estimate of drug-likeness (QED) is 0.716. The van der Waals surface area contributed by atoms with Gasteiger partial charge in [-0.25, -0.2) is 0 Å². The predicted octanol–water partition coefficient (Wildman–Crippen LogP) is 2.77. The summed E-state index contributed by atoms with van der Waals surface area (Å²) in [5.41, 5.74) is 4.35. The van der Waals surface area contributed by atoms with Gasteiger partial charge in [0.1, 0.15) is 0 Å². The summed E-state index contributed by atoms with van der Waals surface area (Å²) < 4.78 is 0. The number of hydrogen-bond donors (Lipinski definition) is 1. The van der Waals surface area contributed by atoms with Crippen LogP contribution < -0.4 is 5.32 Å². The van der Waals surface area contributed by atoms with Crippen LogP contribution in [0.25, 0.3) is 0 Å². The fraction of sp³-hybridized carbons (Fsp3) is 0.538. The van der Waals surface area contributed by atoms with E-state index in [4.69, 9.17) is 0 Å². The Bertz CT molecular complexity index is 330. The highest BCUT2D eigenvalue weighted by atomic mass is 14.9. The molecule has 14 heavy (non-hydrogen) atoms. The SMILES string of the molecule is Cc1ccc(C2CCNC2C)c(C)c1. The summed E-state index contributed by atoms with van der Waals surface area (Å²) in [6.45, 7) is 7.84. The third-order valence-corrected chi connectivity index (χ3v) is 3.35. The summed E-state index contributed by atoms with van der Waals surface area (Å²) >= 11 is 0. The molecule has 1 aromatic carbocycles. The topological polar surface area (TPSA) is 12.0 Å². The van der Waals surface area contributed by atoms with Crippen molar-refractivity contribution in [3.63, 3.8) is 0 Å². The molecule has 2 atom stereocenters. The van der Waals surface area contributed by atoms with Gasteiger partial charge in [-0.2, -0.15) is 0 Å². The third kappa shape index (κ3) is 1.69. The van der Waals surface area contributed by atoms with E-state index in [0.29, 0.717) is 6.04 Å². The molecular formula is C13H19N. The smallest absolute Gasteiger partial charge is 0.0108 e. The van der Waals surface area contributed by atoms with Crippen LogP contribution in [-0.4, -0.2) is 12.6 Å². The van der Waals surface area contributed by atoms with Crippen LogP contribution in [-0.2, 0) is 0 Å². The zero-order valence-corrected chi connectivity index (χ0v) is 9.30. The molecule has 1 nitrogen and oxygen atoms in total. The molecule has 2 unspecified atom stereocenters. The molecule has 2 rings (SSSR count). The van der Waals surface area contributed by atoms with Crippen molar-refractivity contribution in [2.24, 2.45) is 0 Å². The molecule has 0 bridgehead atoms. The Balaban J connectivity index is 2.31. The van der Waals surface area contributed by atoms with Gasteiger partial charge in [-0.3, -0.25) is 0 Å². The van der Waals surface area contributed by atoms with E-state index >= 15 is 0 Å². The van der Waals surface area contributed by atoms with Gasteiger partial charge >= 0.3 is 0 Å². The van der Waals surface area contributed by atoms with Crippen molar-refractivity contribution in [1.82, 2.24) is 5.32 Å². The molecule has 1 N–H and O–H groups in total. The Morgan fingerprint density at radius 2 is 2.07 bits per heavy atom. The zero-order chi connectivity index (χ0) is 10.1. The first-order valence-corrected chi connectivity index (χ1v) is 5.49. The van der Waals surface area contributed by atoms with Crippen molar-refractivity contribution >= 4 is 0 Å². The summed E-state index contributed by atoms with van der Waals surface area (Å²) in [6, 6.07) is 7.46. The normalized spacial score (nSPS) is 26.8. The Hall–Kier alpha value is -0.820. The van der Waals surface area contributed by atoms with Gasteiger partial charge < -0.3 is 5.32 Å². The first-order valence-electron chi connectivity index (χ1n) is 5.49. The summed E-state index contributed by atoms with van der Waals surface area (Å²) in [4.78, 5) is 0. The number of aryl methyl sites for hydroxylation is 2. The number of rotatable bonds is 1. The Labute approximate surface area is 86.5 Å². The van der Waals surface area contributed by atoms with Gasteiger partial charge in [0, 0.05) is 12.0 Å². The minimum Gasteiger partial charge on any atom is -0.314 e. The van der Waals surface area contributed by atoms with Crippen molar-refractivity contribution in [3.8, 4) is 0 Å². The average Bonchev–Trinajstić information content (AvgIpc) is 2.52. The van der Waals surface area contributed by atoms with Crippen LogP contribution in [0.5, 0.6) is 0 Å². The van der Waals surface area contributed by atoms with Crippen LogP contribution in [0.3, 0.4) is 0 Å². The van der Waals surface area contributed by atoms with Gasteiger partial charge in [0.25, 0.3) is 0 Å². The fourth-order valence-corrected chi connectivity index (χ4v) is 2.53. The van der Waals surface area contributed by atoms with Crippen LogP contribution in [0, 0.1) is 13.8 Å².